The summed E-state index contributed by atoms with van der Waals surface area (Å²) in [4.78, 5) is 25.9. The lowest BCUT2D eigenvalue weighted by atomic mass is 9.96. The van der Waals surface area contributed by atoms with Gasteiger partial charge in [0.15, 0.2) is 0 Å². The molecule has 2 atom stereocenters. The quantitative estimate of drug-likeness (QED) is 0.810. The summed E-state index contributed by atoms with van der Waals surface area (Å²) in [5.41, 5.74) is 1.06. The van der Waals surface area contributed by atoms with Gasteiger partial charge in [0.25, 0.3) is 0 Å². The fourth-order valence-corrected chi connectivity index (χ4v) is 4.17. The molecular weight excluding hydrogens is 318 g/mol. The van der Waals surface area contributed by atoms with Crippen LogP contribution in [0.3, 0.4) is 0 Å². The van der Waals surface area contributed by atoms with Crippen molar-refractivity contribution >= 4 is 36.3 Å². The van der Waals surface area contributed by atoms with E-state index in [1.54, 1.807) is 0 Å². The molecule has 1 N–H and O–H groups in total. The maximum atomic E-state index is 12.8. The summed E-state index contributed by atoms with van der Waals surface area (Å²) in [6.45, 7) is 3.74. The number of thioether (sulfide) groups is 1. The van der Waals surface area contributed by atoms with Gasteiger partial charge in [0.2, 0.25) is 5.91 Å². The lowest BCUT2D eigenvalue weighted by Gasteiger charge is -2.30. The van der Waals surface area contributed by atoms with Gasteiger partial charge in [-0.15, -0.1) is 11.8 Å². The molecule has 6 heteroatoms. The standard InChI is InChI=1S/C16H21NO3S2/c1-16(2)13(15(19)20)17(10-22-16)14(18)12(9-21)8-11-6-4-3-5-7-11/h3-7,12-13,21H,8-10H2,1-2H3,(H,19,20)/t12-,13+/m1/s1. The highest BCUT2D eigenvalue weighted by Crippen LogP contribution is 2.40. The molecule has 0 unspecified atom stereocenters. The molecule has 1 aromatic rings. The van der Waals surface area contributed by atoms with Crippen LogP contribution in [0.1, 0.15) is 19.4 Å². The maximum absolute atomic E-state index is 12.8. The number of benzene rings is 1. The van der Waals surface area contributed by atoms with Crippen LogP contribution >= 0.6 is 24.4 Å². The molecule has 0 aromatic heterocycles. The van der Waals surface area contributed by atoms with Crippen molar-refractivity contribution in [3.63, 3.8) is 0 Å². The van der Waals surface area contributed by atoms with Crippen LogP contribution in [0.25, 0.3) is 0 Å². The van der Waals surface area contributed by atoms with E-state index in [9.17, 15) is 14.7 Å². The van der Waals surface area contributed by atoms with Crippen molar-refractivity contribution < 1.29 is 14.7 Å². The summed E-state index contributed by atoms with van der Waals surface area (Å²) in [7, 11) is 0. The number of rotatable bonds is 5. The second-order valence-electron chi connectivity index (χ2n) is 5.99. The molecule has 1 saturated heterocycles. The van der Waals surface area contributed by atoms with Gasteiger partial charge in [0.05, 0.1) is 11.8 Å². The topological polar surface area (TPSA) is 57.6 Å². The van der Waals surface area contributed by atoms with Crippen molar-refractivity contribution in [3.05, 3.63) is 35.9 Å². The predicted molar refractivity (Wildman–Crippen MR) is 92.3 cm³/mol. The van der Waals surface area contributed by atoms with Gasteiger partial charge in [-0.25, -0.2) is 4.79 Å². The average Bonchev–Trinajstić information content (AvgIpc) is 2.80. The average molecular weight is 339 g/mol. The lowest BCUT2D eigenvalue weighted by molar-refractivity contribution is -0.151. The summed E-state index contributed by atoms with van der Waals surface area (Å²) in [6.07, 6.45) is 0.580. The Bertz CT molecular complexity index is 548. The number of carboxylic acid groups (broad SMARTS) is 1. The van der Waals surface area contributed by atoms with Gasteiger partial charge in [-0.05, 0) is 25.8 Å². The zero-order chi connectivity index (χ0) is 16.3. The van der Waals surface area contributed by atoms with Gasteiger partial charge < -0.3 is 10.0 Å². The number of hydrogen-bond donors (Lipinski definition) is 2. The van der Waals surface area contributed by atoms with E-state index in [-0.39, 0.29) is 11.8 Å². The summed E-state index contributed by atoms with van der Waals surface area (Å²) in [6, 6.07) is 8.96. The lowest BCUT2D eigenvalue weighted by Crippen LogP contribution is -2.50. The zero-order valence-corrected chi connectivity index (χ0v) is 14.4. The van der Waals surface area contributed by atoms with Gasteiger partial charge in [-0.2, -0.15) is 12.6 Å². The third-order valence-corrected chi connectivity index (χ3v) is 5.77. The van der Waals surface area contributed by atoms with Crippen LogP contribution in [-0.4, -0.2) is 44.3 Å². The van der Waals surface area contributed by atoms with Gasteiger partial charge >= 0.3 is 5.97 Å². The van der Waals surface area contributed by atoms with E-state index in [1.165, 1.54) is 16.7 Å². The third-order valence-electron chi connectivity index (χ3n) is 3.96. The fraction of sp³-hybridized carbons (Fsp3) is 0.500. The van der Waals surface area contributed by atoms with E-state index in [0.29, 0.717) is 18.1 Å². The monoisotopic (exact) mass is 339 g/mol. The fourth-order valence-electron chi connectivity index (χ4n) is 2.75. The van der Waals surface area contributed by atoms with Crippen LogP contribution in [0.4, 0.5) is 0 Å². The van der Waals surface area contributed by atoms with E-state index in [1.807, 2.05) is 44.2 Å². The highest BCUT2D eigenvalue weighted by atomic mass is 32.2. The Balaban J connectivity index is 2.16. The first-order chi connectivity index (χ1) is 10.4. The second-order valence-corrected chi connectivity index (χ2v) is 7.96. The Morgan fingerprint density at radius 2 is 2.05 bits per heavy atom. The molecule has 120 valence electrons. The smallest absolute Gasteiger partial charge is 0.327 e. The summed E-state index contributed by atoms with van der Waals surface area (Å²) in [5, 5.41) is 9.49. The van der Waals surface area contributed by atoms with Crippen molar-refractivity contribution in [2.45, 2.75) is 31.1 Å². The first-order valence-electron chi connectivity index (χ1n) is 7.19. The van der Waals surface area contributed by atoms with Crippen molar-refractivity contribution in [1.82, 2.24) is 4.90 Å². The molecule has 2 rings (SSSR count). The normalized spacial score (nSPS) is 21.6. The van der Waals surface area contributed by atoms with E-state index in [0.717, 1.165) is 5.56 Å². The minimum atomic E-state index is -0.944. The predicted octanol–water partition coefficient (Wildman–Crippen LogP) is 2.54. The highest BCUT2D eigenvalue weighted by Gasteiger charge is 2.48. The molecule has 0 radical (unpaired) electrons. The number of carboxylic acids is 1. The van der Waals surface area contributed by atoms with Crippen LogP contribution in [0.15, 0.2) is 30.3 Å². The molecular formula is C16H21NO3S2. The summed E-state index contributed by atoms with van der Waals surface area (Å²) in [5.74, 6) is -0.545. The van der Waals surface area contributed by atoms with Gasteiger partial charge in [0.1, 0.15) is 6.04 Å². The summed E-state index contributed by atoms with van der Waals surface area (Å²) < 4.78 is -0.477. The van der Waals surface area contributed by atoms with Gasteiger partial charge in [-0.3, -0.25) is 4.79 Å². The molecule has 0 saturated carbocycles. The van der Waals surface area contributed by atoms with Crippen LogP contribution in [0, 0.1) is 5.92 Å². The molecule has 22 heavy (non-hydrogen) atoms. The van der Waals surface area contributed by atoms with Crippen molar-refractivity contribution in [1.29, 1.82) is 0 Å². The van der Waals surface area contributed by atoms with E-state index >= 15 is 0 Å². The van der Waals surface area contributed by atoms with Crippen LogP contribution < -0.4 is 0 Å². The van der Waals surface area contributed by atoms with E-state index in [2.05, 4.69) is 12.6 Å². The van der Waals surface area contributed by atoms with Crippen molar-refractivity contribution in [3.8, 4) is 0 Å². The summed E-state index contributed by atoms with van der Waals surface area (Å²) >= 11 is 5.81. The number of thiol groups is 1. The molecule has 1 aromatic carbocycles. The molecule has 1 heterocycles. The van der Waals surface area contributed by atoms with Crippen LogP contribution in [-0.2, 0) is 16.0 Å². The molecule has 1 amide bonds. The minimum absolute atomic E-state index is 0.121. The number of amides is 1. The van der Waals surface area contributed by atoms with Gasteiger partial charge in [0, 0.05) is 10.5 Å². The Morgan fingerprint density at radius 3 is 2.59 bits per heavy atom. The molecule has 0 spiro atoms. The Labute approximate surface area is 140 Å². The molecule has 0 bridgehead atoms. The minimum Gasteiger partial charge on any atom is -0.480 e. The highest BCUT2D eigenvalue weighted by molar-refractivity contribution is 8.00. The Morgan fingerprint density at radius 1 is 1.41 bits per heavy atom. The molecule has 1 aliphatic rings. The van der Waals surface area contributed by atoms with Crippen LogP contribution in [0.5, 0.6) is 0 Å². The van der Waals surface area contributed by atoms with Gasteiger partial charge in [-0.1, -0.05) is 30.3 Å². The number of hydrogen-bond acceptors (Lipinski definition) is 4. The third kappa shape index (κ3) is 3.60. The van der Waals surface area contributed by atoms with E-state index in [4.69, 9.17) is 0 Å². The SMILES string of the molecule is CC1(C)SCN(C(=O)[C@@H](CS)Cc2ccccc2)[C@H]1C(=O)O. The first kappa shape index (κ1) is 17.2. The number of aliphatic carboxylic acids is 1. The number of nitrogens with zero attached hydrogens (tertiary/aromatic N) is 1. The molecule has 0 aliphatic carbocycles. The molecule has 4 nitrogen and oxygen atoms in total. The number of carbonyl (C=O) groups excluding carboxylic acids is 1. The maximum Gasteiger partial charge on any atom is 0.327 e. The van der Waals surface area contributed by atoms with Crippen molar-refractivity contribution in [2.24, 2.45) is 5.92 Å². The largest absolute Gasteiger partial charge is 0.480 e. The van der Waals surface area contributed by atoms with E-state index < -0.39 is 16.8 Å². The molecule has 1 fully saturated rings. The first-order valence-corrected chi connectivity index (χ1v) is 8.80. The number of carbonyl (C=O) groups is 2. The second kappa shape index (κ2) is 6.96. The van der Waals surface area contributed by atoms with Crippen LogP contribution in [0.2, 0.25) is 0 Å². The Hall–Kier alpha value is -1.14. The van der Waals surface area contributed by atoms with Crippen molar-refractivity contribution in [2.75, 3.05) is 11.6 Å². The molecule has 1 aliphatic heterocycles. The Kier molecular flexibility index (Phi) is 5.45. The zero-order valence-electron chi connectivity index (χ0n) is 12.7.